The van der Waals surface area contributed by atoms with Crippen molar-refractivity contribution >= 4 is 103 Å². The highest BCUT2D eigenvalue weighted by Crippen LogP contribution is 2.57. The number of rotatable bonds is 4. The van der Waals surface area contributed by atoms with Crippen molar-refractivity contribution in [3.05, 3.63) is 199 Å². The Labute approximate surface area is 402 Å². The first-order valence-corrected chi connectivity index (χ1v) is 24.1. The fourth-order valence-corrected chi connectivity index (χ4v) is 10.9. The van der Waals surface area contributed by atoms with E-state index in [1.165, 1.54) is 33.3 Å². The molecule has 0 N–H and O–H groups in total. The first-order chi connectivity index (χ1) is 32.6. The molecule has 0 radical (unpaired) electrons. The highest BCUT2D eigenvalue weighted by Gasteiger charge is 2.47. The molecule has 0 atom stereocenters. The normalized spacial score (nSPS) is 14.1. The van der Waals surface area contributed by atoms with Gasteiger partial charge in [0.05, 0.1) is 34.1 Å². The molecule has 9 aromatic rings. The second-order valence-electron chi connectivity index (χ2n) is 21.9. The average Bonchev–Trinajstić information content (AvgIpc) is 3.70. The predicted molar refractivity (Wildman–Crippen MR) is 289 cm³/mol. The Morgan fingerprint density at radius 3 is 1.31 bits per heavy atom. The van der Waals surface area contributed by atoms with E-state index in [2.05, 4.69) is 264 Å². The summed E-state index contributed by atoms with van der Waals surface area (Å²) in [6.45, 7) is 20.5. The Balaban J connectivity index is 1.17. The van der Waals surface area contributed by atoms with Gasteiger partial charge in [0, 0.05) is 51.3 Å². The van der Waals surface area contributed by atoms with Gasteiger partial charge in [-0.1, -0.05) is 153 Å². The van der Waals surface area contributed by atoms with Gasteiger partial charge in [0.25, 0.3) is 6.71 Å². The van der Waals surface area contributed by atoms with Crippen molar-refractivity contribution in [3.8, 4) is 0 Å². The smallest absolute Gasteiger partial charge is 0.297 e. The number of benzene rings is 8. The zero-order valence-corrected chi connectivity index (χ0v) is 40.6. The number of hydrogen-bond acceptors (Lipinski definition) is 5. The fraction of sp³-hybridized carbons (Fsp3) is 0.194. The first-order valence-electron chi connectivity index (χ1n) is 24.1. The van der Waals surface area contributed by atoms with E-state index >= 15 is 0 Å². The van der Waals surface area contributed by atoms with Gasteiger partial charge in [-0.05, 0) is 129 Å². The summed E-state index contributed by atoms with van der Waals surface area (Å²) in [5.74, 6) is 0. The summed E-state index contributed by atoms with van der Waals surface area (Å²) >= 11 is 0. The van der Waals surface area contributed by atoms with Crippen molar-refractivity contribution in [2.24, 2.45) is 0 Å². The van der Waals surface area contributed by atoms with Gasteiger partial charge in [0.15, 0.2) is 0 Å². The second-order valence-corrected chi connectivity index (χ2v) is 21.9. The van der Waals surface area contributed by atoms with Gasteiger partial charge >= 0.3 is 0 Å². The van der Waals surface area contributed by atoms with Gasteiger partial charge in [0.2, 0.25) is 0 Å². The van der Waals surface area contributed by atoms with Crippen LogP contribution in [0, 0.1) is 0 Å². The van der Waals surface area contributed by atoms with Crippen LogP contribution in [0.1, 0.15) is 79.0 Å². The summed E-state index contributed by atoms with van der Waals surface area (Å²) in [4.78, 5) is 9.81. The molecule has 0 saturated heterocycles. The van der Waals surface area contributed by atoms with Crippen LogP contribution in [0.3, 0.4) is 0 Å². The minimum absolute atomic E-state index is 0.00330. The van der Waals surface area contributed by atoms with Gasteiger partial charge < -0.3 is 24.0 Å². The predicted octanol–water partition coefficient (Wildman–Crippen LogP) is 15.7. The largest absolute Gasteiger partial charge is 0.468 e. The van der Waals surface area contributed by atoms with Crippen LogP contribution in [0.2, 0.25) is 0 Å². The molecule has 4 heterocycles. The standard InChI is InChI=1S/C62H57BN4O/c1-60(2,3)40-27-32-45(33-28-40)64-49-36-31-42(62(7,8)9)37-48(49)63-57-52(64)25-18-26-53(57)67(46-34-29-41(30-35-46)61(4,5)6)58-47-38-54-55(39-56(47)68-59(58)63)66(44-21-14-11-15-22-44)51-24-17-16-23-50(51)65(54)43-19-12-10-13-20-43/h10-39H,1-9H3. The fourth-order valence-electron chi connectivity index (χ4n) is 10.9. The van der Waals surface area contributed by atoms with Gasteiger partial charge in [-0.15, -0.1) is 0 Å². The summed E-state index contributed by atoms with van der Waals surface area (Å²) in [7, 11) is 0. The molecular formula is C62H57BN4O. The van der Waals surface area contributed by atoms with Crippen LogP contribution in [0.25, 0.3) is 11.0 Å². The number of nitrogens with zero attached hydrogens (tertiary/aromatic N) is 4. The molecule has 12 rings (SSSR count). The molecule has 0 fully saturated rings. The monoisotopic (exact) mass is 884 g/mol. The molecular weight excluding hydrogens is 828 g/mol. The van der Waals surface area contributed by atoms with Crippen molar-refractivity contribution < 1.29 is 4.42 Å². The van der Waals surface area contributed by atoms with Crippen LogP contribution in [0.5, 0.6) is 0 Å². The van der Waals surface area contributed by atoms with Crippen molar-refractivity contribution in [1.29, 1.82) is 0 Å². The van der Waals surface area contributed by atoms with Crippen molar-refractivity contribution in [2.45, 2.75) is 78.6 Å². The van der Waals surface area contributed by atoms with Gasteiger partial charge in [-0.3, -0.25) is 0 Å². The molecule has 3 aliphatic heterocycles. The zero-order valence-electron chi connectivity index (χ0n) is 40.6. The van der Waals surface area contributed by atoms with E-state index in [4.69, 9.17) is 4.42 Å². The van der Waals surface area contributed by atoms with E-state index in [0.29, 0.717) is 0 Å². The first kappa shape index (κ1) is 42.0. The van der Waals surface area contributed by atoms with Gasteiger partial charge in [0.1, 0.15) is 5.58 Å². The van der Waals surface area contributed by atoms with E-state index < -0.39 is 0 Å². The van der Waals surface area contributed by atoms with E-state index in [-0.39, 0.29) is 23.0 Å². The lowest BCUT2D eigenvalue weighted by Crippen LogP contribution is -2.61. The summed E-state index contributed by atoms with van der Waals surface area (Å²) < 4.78 is 7.62. The van der Waals surface area contributed by atoms with E-state index in [9.17, 15) is 0 Å². The van der Waals surface area contributed by atoms with Crippen molar-refractivity contribution in [2.75, 3.05) is 19.6 Å². The second kappa shape index (κ2) is 15.0. The molecule has 1 aromatic heterocycles. The summed E-state index contributed by atoms with van der Waals surface area (Å²) in [5.41, 5.74) is 21.5. The average molecular weight is 885 g/mol. The number of hydrogen-bond donors (Lipinski definition) is 0. The van der Waals surface area contributed by atoms with Crippen LogP contribution >= 0.6 is 0 Å². The minimum Gasteiger partial charge on any atom is -0.468 e. The third kappa shape index (κ3) is 6.52. The molecule has 3 aliphatic rings. The van der Waals surface area contributed by atoms with E-state index in [1.807, 2.05) is 0 Å². The van der Waals surface area contributed by atoms with Crippen LogP contribution in [0.15, 0.2) is 186 Å². The Hall–Kier alpha value is -7.44. The lowest BCUT2D eigenvalue weighted by atomic mass is 9.35. The molecule has 0 spiro atoms. The number of fused-ring (bicyclic) bond motifs is 8. The molecule has 6 heteroatoms. The molecule has 0 bridgehead atoms. The number of furan rings is 1. The SMILES string of the molecule is CC(C)(C)c1ccc(N2c3ccc(C(C)(C)C)cc3B3c4oc5cc6c(cc5c4N(c4ccc(C(C)(C)C)cc4)c4cccc2c43)N(c2ccccc2)c2ccccc2N6c2ccccc2)cc1. The van der Waals surface area contributed by atoms with Gasteiger partial charge in [-0.2, -0.15) is 0 Å². The summed E-state index contributed by atoms with van der Waals surface area (Å²) in [6.07, 6.45) is 0. The zero-order chi connectivity index (χ0) is 46.9. The Morgan fingerprint density at radius 1 is 0.353 bits per heavy atom. The van der Waals surface area contributed by atoms with Crippen LogP contribution in [0.4, 0.5) is 68.2 Å². The molecule has 334 valence electrons. The highest BCUT2D eigenvalue weighted by atomic mass is 16.3. The summed E-state index contributed by atoms with van der Waals surface area (Å²) in [5, 5.41) is 1.07. The maximum absolute atomic E-state index is 7.62. The lowest BCUT2D eigenvalue weighted by Gasteiger charge is -2.43. The maximum Gasteiger partial charge on any atom is 0.297 e. The van der Waals surface area contributed by atoms with E-state index in [0.717, 1.165) is 79.2 Å². The quantitative estimate of drug-likeness (QED) is 0.164. The minimum atomic E-state index is -0.180. The number of anilines is 12. The maximum atomic E-state index is 7.62. The summed E-state index contributed by atoms with van der Waals surface area (Å²) in [6, 6.07) is 67.4. The molecule has 0 unspecified atom stereocenters. The highest BCUT2D eigenvalue weighted by molar-refractivity contribution is 7.00. The topological polar surface area (TPSA) is 26.1 Å². The van der Waals surface area contributed by atoms with Crippen molar-refractivity contribution in [3.63, 3.8) is 0 Å². The third-order valence-electron chi connectivity index (χ3n) is 14.4. The van der Waals surface area contributed by atoms with Crippen LogP contribution in [-0.2, 0) is 16.2 Å². The van der Waals surface area contributed by atoms with Crippen LogP contribution in [-0.4, -0.2) is 6.71 Å². The molecule has 68 heavy (non-hydrogen) atoms. The molecule has 5 nitrogen and oxygen atoms in total. The third-order valence-corrected chi connectivity index (χ3v) is 14.4. The molecule has 0 aliphatic carbocycles. The Morgan fingerprint density at radius 2 is 0.779 bits per heavy atom. The number of para-hydroxylation sites is 4. The van der Waals surface area contributed by atoms with E-state index in [1.54, 1.807) is 0 Å². The Bertz CT molecular complexity index is 3410. The van der Waals surface area contributed by atoms with Crippen molar-refractivity contribution in [1.82, 2.24) is 0 Å². The molecule has 8 aromatic carbocycles. The molecule has 0 amide bonds. The van der Waals surface area contributed by atoms with Gasteiger partial charge in [-0.25, -0.2) is 0 Å². The molecule has 0 saturated carbocycles. The Kier molecular flexibility index (Phi) is 9.28. The lowest BCUT2D eigenvalue weighted by molar-refractivity contribution is 0.590. The van der Waals surface area contributed by atoms with Crippen LogP contribution < -0.4 is 36.2 Å².